The molecule has 1 saturated heterocycles. The molecule has 4 rings (SSSR count). The van der Waals surface area contributed by atoms with E-state index in [1.807, 2.05) is 22.6 Å². The molecule has 2 aliphatic rings. The highest BCUT2D eigenvalue weighted by atomic mass is 127. The van der Waals surface area contributed by atoms with Crippen LogP contribution in [0.1, 0.15) is 56.3 Å². The van der Waals surface area contributed by atoms with Gasteiger partial charge in [-0.2, -0.15) is 0 Å². The topological polar surface area (TPSA) is 93.7 Å². The number of hydrogen-bond donors (Lipinski definition) is 4. The van der Waals surface area contributed by atoms with Crippen LogP contribution in [0.25, 0.3) is 0 Å². The molecule has 7 nitrogen and oxygen atoms in total. The van der Waals surface area contributed by atoms with Crippen molar-refractivity contribution in [2.45, 2.75) is 63.1 Å². The molecule has 206 valence electrons. The van der Waals surface area contributed by atoms with Crippen LogP contribution in [0.15, 0.2) is 30.3 Å². The van der Waals surface area contributed by atoms with Crippen LogP contribution in [0.5, 0.6) is 0 Å². The van der Waals surface area contributed by atoms with E-state index >= 15 is 0 Å². The van der Waals surface area contributed by atoms with Crippen LogP contribution >= 0.6 is 22.6 Å². The molecule has 4 N–H and O–H groups in total. The van der Waals surface area contributed by atoms with Crippen LogP contribution in [-0.2, 0) is 4.79 Å². The van der Waals surface area contributed by atoms with Gasteiger partial charge in [-0.25, -0.2) is 13.2 Å². The van der Waals surface area contributed by atoms with Crippen molar-refractivity contribution >= 4 is 45.8 Å². The van der Waals surface area contributed by atoms with Crippen molar-refractivity contribution in [2.24, 2.45) is 0 Å². The molecule has 2 amide bonds. The molecule has 0 spiro atoms. The zero-order chi connectivity index (χ0) is 27.7. The van der Waals surface area contributed by atoms with Gasteiger partial charge in [0.05, 0.1) is 35.6 Å². The first-order valence-electron chi connectivity index (χ1n) is 12.7. The highest BCUT2D eigenvalue weighted by Crippen LogP contribution is 2.32. The smallest absolute Gasteiger partial charge is 0.256 e. The van der Waals surface area contributed by atoms with Gasteiger partial charge in [-0.3, -0.25) is 9.59 Å². The van der Waals surface area contributed by atoms with E-state index in [1.54, 1.807) is 19.9 Å². The maximum atomic E-state index is 14.7. The van der Waals surface area contributed by atoms with Gasteiger partial charge in [-0.05, 0) is 79.6 Å². The Kier molecular flexibility index (Phi) is 8.58. The number of halogens is 4. The third-order valence-electron chi connectivity index (χ3n) is 7.14. The van der Waals surface area contributed by atoms with Gasteiger partial charge >= 0.3 is 0 Å². The Morgan fingerprint density at radius 2 is 1.76 bits per heavy atom. The lowest BCUT2D eigenvalue weighted by atomic mass is 9.90. The number of rotatable bonds is 8. The number of benzene rings is 2. The Morgan fingerprint density at radius 1 is 1.08 bits per heavy atom. The number of amides is 2. The van der Waals surface area contributed by atoms with Crippen LogP contribution in [0.3, 0.4) is 0 Å². The minimum absolute atomic E-state index is 0.0542. The van der Waals surface area contributed by atoms with E-state index in [9.17, 15) is 27.9 Å². The predicted octanol–water partition coefficient (Wildman–Crippen LogP) is 4.46. The van der Waals surface area contributed by atoms with E-state index in [0.29, 0.717) is 3.57 Å². The monoisotopic (exact) mass is 644 g/mol. The lowest BCUT2D eigenvalue weighted by Crippen LogP contribution is -2.69. The van der Waals surface area contributed by atoms with Crippen LogP contribution in [0.4, 0.5) is 24.5 Å². The molecule has 0 bridgehead atoms. The first-order chi connectivity index (χ1) is 17.9. The van der Waals surface area contributed by atoms with Crippen LogP contribution in [0.2, 0.25) is 0 Å². The van der Waals surface area contributed by atoms with Crippen molar-refractivity contribution in [1.82, 2.24) is 15.5 Å². The number of anilines is 2. The average Bonchev–Trinajstić information content (AvgIpc) is 2.85. The zero-order valence-corrected chi connectivity index (χ0v) is 23.5. The molecular formula is C27H32F3IN4O3. The number of β-amino-alcohol motifs (C(OH)–C–C–N with tert-alkyl or cyclic N) is 1. The largest absolute Gasteiger partial charge is 0.385 e. The van der Waals surface area contributed by atoms with Crippen LogP contribution < -0.4 is 16.0 Å². The van der Waals surface area contributed by atoms with Gasteiger partial charge in [-0.15, -0.1) is 0 Å². The maximum Gasteiger partial charge on any atom is 0.256 e. The van der Waals surface area contributed by atoms with Gasteiger partial charge in [0.2, 0.25) is 5.91 Å². The van der Waals surface area contributed by atoms with E-state index in [-0.39, 0.29) is 42.8 Å². The molecular weight excluding hydrogens is 612 g/mol. The molecule has 0 atom stereocenters. The van der Waals surface area contributed by atoms with Crippen molar-refractivity contribution in [2.75, 3.05) is 25.0 Å². The van der Waals surface area contributed by atoms with Gasteiger partial charge < -0.3 is 26.0 Å². The third kappa shape index (κ3) is 6.42. The lowest BCUT2D eigenvalue weighted by Gasteiger charge is -2.47. The van der Waals surface area contributed by atoms with Crippen LogP contribution in [-0.4, -0.2) is 58.6 Å². The summed E-state index contributed by atoms with van der Waals surface area (Å²) < 4.78 is 43.7. The number of likely N-dealkylation sites (tertiary alicyclic amines) is 1. The fourth-order valence-corrected chi connectivity index (χ4v) is 5.20. The number of nitrogens with zero attached hydrogens (tertiary/aromatic N) is 1. The number of hydrogen-bond acceptors (Lipinski definition) is 5. The summed E-state index contributed by atoms with van der Waals surface area (Å²) in [7, 11) is 0. The van der Waals surface area contributed by atoms with E-state index in [2.05, 4.69) is 16.0 Å². The normalized spacial score (nSPS) is 17.6. The molecule has 0 radical (unpaired) electrons. The van der Waals surface area contributed by atoms with Gasteiger partial charge in [0.15, 0.2) is 11.6 Å². The summed E-state index contributed by atoms with van der Waals surface area (Å²) in [6.07, 6.45) is 5.29. The highest BCUT2D eigenvalue weighted by molar-refractivity contribution is 14.1. The molecule has 2 fully saturated rings. The van der Waals surface area contributed by atoms with E-state index in [4.69, 9.17) is 0 Å². The fraction of sp³-hybridized carbons (Fsp3) is 0.481. The Bertz CT molecular complexity index is 1210. The number of carbonyl (C=O) groups excluding carboxylic acids is 2. The van der Waals surface area contributed by atoms with E-state index < -0.39 is 40.2 Å². The fourth-order valence-electron chi connectivity index (χ4n) is 4.75. The number of aliphatic hydroxyl groups is 1. The SMILES string of the molecule is CC(C)(NCC1(O)CN(C(=O)c2ccc(F)c(F)c2Nc2ccc(I)cc2F)C1)C(=O)NC1CCCCC1. The Labute approximate surface area is 233 Å². The summed E-state index contributed by atoms with van der Waals surface area (Å²) in [6, 6.07) is 6.30. The first-order valence-corrected chi connectivity index (χ1v) is 13.7. The second-order valence-corrected chi connectivity index (χ2v) is 12.0. The van der Waals surface area contributed by atoms with E-state index in [0.717, 1.165) is 37.8 Å². The Balaban J connectivity index is 1.39. The molecule has 0 aromatic heterocycles. The summed E-state index contributed by atoms with van der Waals surface area (Å²) in [5.74, 6) is -3.97. The number of nitrogens with one attached hydrogen (secondary N) is 3. The number of carbonyl (C=O) groups is 2. The predicted molar refractivity (Wildman–Crippen MR) is 147 cm³/mol. The van der Waals surface area contributed by atoms with Crippen molar-refractivity contribution in [3.05, 3.63) is 56.9 Å². The standard InChI is InChI=1S/C27H32F3IN4O3/c1-26(2,25(37)33-17-6-4-3-5-7-17)32-13-27(38)14-35(15-27)24(36)18-9-10-19(28)22(30)23(18)34-21-11-8-16(31)12-20(21)29/h8-12,17,32,34,38H,3-7,13-15H2,1-2H3,(H,33,37). The maximum absolute atomic E-state index is 14.7. The van der Waals surface area contributed by atoms with E-state index in [1.165, 1.54) is 23.5 Å². The summed E-state index contributed by atoms with van der Waals surface area (Å²) in [5.41, 5.74) is -3.02. The molecule has 1 aliphatic heterocycles. The summed E-state index contributed by atoms with van der Waals surface area (Å²) in [4.78, 5) is 27.2. The Morgan fingerprint density at radius 3 is 2.42 bits per heavy atom. The zero-order valence-electron chi connectivity index (χ0n) is 21.3. The molecule has 1 saturated carbocycles. The minimum atomic E-state index is -1.31. The average molecular weight is 644 g/mol. The summed E-state index contributed by atoms with van der Waals surface area (Å²) in [6.45, 7) is 3.38. The van der Waals surface area contributed by atoms with Gasteiger partial charge in [0, 0.05) is 16.2 Å². The minimum Gasteiger partial charge on any atom is -0.385 e. The van der Waals surface area contributed by atoms with Crippen molar-refractivity contribution in [3.63, 3.8) is 0 Å². The van der Waals surface area contributed by atoms with Gasteiger partial charge in [0.25, 0.3) is 5.91 Å². The molecule has 0 unspecified atom stereocenters. The molecule has 2 aromatic carbocycles. The molecule has 1 aliphatic carbocycles. The molecule has 2 aromatic rings. The van der Waals surface area contributed by atoms with Gasteiger partial charge in [0.1, 0.15) is 11.4 Å². The summed E-state index contributed by atoms with van der Waals surface area (Å²) in [5, 5.41) is 19.6. The second-order valence-electron chi connectivity index (χ2n) is 10.7. The highest BCUT2D eigenvalue weighted by Gasteiger charge is 2.45. The van der Waals surface area contributed by atoms with Crippen LogP contribution in [0, 0.1) is 21.0 Å². The molecule has 11 heteroatoms. The lowest BCUT2D eigenvalue weighted by molar-refractivity contribution is -0.129. The molecule has 38 heavy (non-hydrogen) atoms. The Hall–Kier alpha value is -2.38. The van der Waals surface area contributed by atoms with Gasteiger partial charge in [-0.1, -0.05) is 19.3 Å². The quantitative estimate of drug-likeness (QED) is 0.319. The second kappa shape index (κ2) is 11.4. The van der Waals surface area contributed by atoms with Crippen molar-refractivity contribution in [3.8, 4) is 0 Å². The summed E-state index contributed by atoms with van der Waals surface area (Å²) >= 11 is 1.92. The first kappa shape index (κ1) is 28.6. The molecule has 1 heterocycles. The van der Waals surface area contributed by atoms with Crippen molar-refractivity contribution < 1.29 is 27.9 Å². The third-order valence-corrected chi connectivity index (χ3v) is 7.81. The van der Waals surface area contributed by atoms with Crippen molar-refractivity contribution in [1.29, 1.82) is 0 Å².